The molecule has 11 heteroatoms. The highest BCUT2D eigenvalue weighted by Crippen LogP contribution is 2.29. The van der Waals surface area contributed by atoms with Crippen LogP contribution in [0.25, 0.3) is 0 Å². The molecular formula is C17H15BrF3N5O2. The van der Waals surface area contributed by atoms with E-state index in [9.17, 15) is 18.0 Å². The Morgan fingerprint density at radius 3 is 2.68 bits per heavy atom. The Morgan fingerprint density at radius 1 is 1.29 bits per heavy atom. The smallest absolute Gasteiger partial charge is 0.433 e. The summed E-state index contributed by atoms with van der Waals surface area (Å²) in [7, 11) is 0. The molecule has 1 amide bonds. The summed E-state index contributed by atoms with van der Waals surface area (Å²) in [6.07, 6.45) is -1.70. The van der Waals surface area contributed by atoms with Gasteiger partial charge < -0.3 is 10.1 Å². The first-order chi connectivity index (χ1) is 13.2. The normalized spacial score (nSPS) is 11.5. The first-order valence-corrected chi connectivity index (χ1v) is 8.82. The molecule has 2 aromatic heterocycles. The van der Waals surface area contributed by atoms with Gasteiger partial charge in [0.25, 0.3) is 0 Å². The zero-order chi connectivity index (χ0) is 20.3. The van der Waals surface area contributed by atoms with E-state index in [1.807, 2.05) is 12.1 Å². The maximum Gasteiger partial charge on any atom is 0.433 e. The van der Waals surface area contributed by atoms with E-state index >= 15 is 0 Å². The summed E-state index contributed by atoms with van der Waals surface area (Å²) >= 11 is 3.33. The lowest BCUT2D eigenvalue weighted by Gasteiger charge is -2.09. The van der Waals surface area contributed by atoms with Crippen molar-refractivity contribution in [3.05, 3.63) is 58.6 Å². The molecule has 3 aromatic rings. The Bertz CT molecular complexity index is 966. The number of halogens is 4. The first kappa shape index (κ1) is 19.9. The fourth-order valence-corrected chi connectivity index (χ4v) is 2.67. The van der Waals surface area contributed by atoms with Crippen molar-refractivity contribution in [2.24, 2.45) is 0 Å². The number of carbonyl (C=O) groups is 1. The molecule has 1 aromatic carbocycles. The number of rotatable bonds is 6. The molecular weight excluding hydrogens is 443 g/mol. The topological polar surface area (TPSA) is 74.0 Å². The van der Waals surface area contributed by atoms with Crippen LogP contribution in [-0.4, -0.2) is 25.5 Å². The fraction of sp³-hybridized carbons (Fsp3) is 0.235. The van der Waals surface area contributed by atoms with Crippen molar-refractivity contribution in [3.8, 4) is 5.75 Å². The number of ether oxygens (including phenoxy) is 1. The van der Waals surface area contributed by atoms with Crippen molar-refractivity contribution >= 4 is 27.5 Å². The summed E-state index contributed by atoms with van der Waals surface area (Å²) < 4.78 is 47.4. The van der Waals surface area contributed by atoms with E-state index in [0.29, 0.717) is 16.1 Å². The number of aromatic nitrogens is 4. The third-order valence-electron chi connectivity index (χ3n) is 3.58. The van der Waals surface area contributed by atoms with E-state index in [2.05, 4.69) is 31.4 Å². The van der Waals surface area contributed by atoms with Gasteiger partial charge in [-0.05, 0) is 37.3 Å². The van der Waals surface area contributed by atoms with Crippen LogP contribution in [-0.2, 0) is 24.2 Å². The number of amides is 1. The van der Waals surface area contributed by atoms with Crippen LogP contribution in [0.5, 0.6) is 5.75 Å². The summed E-state index contributed by atoms with van der Waals surface area (Å²) in [5, 5.41) is 10.3. The zero-order valence-corrected chi connectivity index (χ0v) is 16.2. The second-order valence-corrected chi connectivity index (χ2v) is 6.79. The lowest BCUT2D eigenvalue weighted by Crippen LogP contribution is -2.23. The van der Waals surface area contributed by atoms with Gasteiger partial charge in [0, 0.05) is 4.47 Å². The minimum Gasteiger partial charge on any atom is -0.471 e. The lowest BCUT2D eigenvalue weighted by molar-refractivity contribution is -0.144. The van der Waals surface area contributed by atoms with Gasteiger partial charge in [-0.2, -0.15) is 23.4 Å². The van der Waals surface area contributed by atoms with Gasteiger partial charge in [-0.15, -0.1) is 0 Å². The Labute approximate surface area is 166 Å². The van der Waals surface area contributed by atoms with Crippen LogP contribution in [0.1, 0.15) is 11.4 Å². The number of benzene rings is 1. The number of hydrogen-bond acceptors (Lipinski definition) is 4. The number of alkyl halides is 3. The molecule has 7 nitrogen and oxygen atoms in total. The highest BCUT2D eigenvalue weighted by Gasteiger charge is 2.35. The van der Waals surface area contributed by atoms with Crippen molar-refractivity contribution in [1.82, 2.24) is 19.6 Å². The van der Waals surface area contributed by atoms with Gasteiger partial charge in [0.05, 0.1) is 23.8 Å². The van der Waals surface area contributed by atoms with Gasteiger partial charge in [0.2, 0.25) is 5.91 Å². The highest BCUT2D eigenvalue weighted by molar-refractivity contribution is 9.10. The molecule has 0 fully saturated rings. The summed E-state index contributed by atoms with van der Waals surface area (Å²) in [5.41, 5.74) is -0.460. The van der Waals surface area contributed by atoms with Crippen LogP contribution in [0.3, 0.4) is 0 Å². The molecule has 0 bridgehead atoms. The van der Waals surface area contributed by atoms with Crippen molar-refractivity contribution in [3.63, 3.8) is 0 Å². The van der Waals surface area contributed by atoms with Gasteiger partial charge in [0.15, 0.2) is 6.73 Å². The van der Waals surface area contributed by atoms with E-state index in [4.69, 9.17) is 4.74 Å². The third-order valence-corrected chi connectivity index (χ3v) is 4.11. The van der Waals surface area contributed by atoms with E-state index in [1.54, 1.807) is 12.1 Å². The Kier molecular flexibility index (Phi) is 5.73. The van der Waals surface area contributed by atoms with Crippen molar-refractivity contribution < 1.29 is 22.7 Å². The van der Waals surface area contributed by atoms with Gasteiger partial charge in [0.1, 0.15) is 18.0 Å². The molecule has 0 atom stereocenters. The van der Waals surface area contributed by atoms with Crippen LogP contribution in [0, 0.1) is 6.92 Å². The zero-order valence-electron chi connectivity index (χ0n) is 14.6. The standard InChI is InChI=1S/C17H15BrF3N5O2/c1-11-6-15(17(19,20)21)26(24-11)9-16(27)23-13-7-22-25(8-13)10-28-14-4-2-12(18)3-5-14/h2-8H,9-10H2,1H3,(H,23,27). The molecule has 0 radical (unpaired) electrons. The number of nitrogens with zero attached hydrogens (tertiary/aromatic N) is 4. The summed E-state index contributed by atoms with van der Waals surface area (Å²) in [6, 6.07) is 8.11. The van der Waals surface area contributed by atoms with Crippen LogP contribution in [0.4, 0.5) is 18.9 Å². The predicted octanol–water partition coefficient (Wildman–Crippen LogP) is 3.84. The quantitative estimate of drug-likeness (QED) is 0.610. The molecule has 1 N–H and O–H groups in total. The minimum atomic E-state index is -4.59. The van der Waals surface area contributed by atoms with Crippen molar-refractivity contribution in [1.29, 1.82) is 0 Å². The third kappa shape index (κ3) is 5.12. The summed E-state index contributed by atoms with van der Waals surface area (Å²) in [4.78, 5) is 12.1. The molecule has 148 valence electrons. The van der Waals surface area contributed by atoms with Crippen molar-refractivity contribution in [2.45, 2.75) is 26.4 Å². The van der Waals surface area contributed by atoms with Crippen LogP contribution >= 0.6 is 15.9 Å². The average Bonchev–Trinajstić information content (AvgIpc) is 3.20. The number of hydrogen-bond donors (Lipinski definition) is 1. The Hall–Kier alpha value is -2.82. The predicted molar refractivity (Wildman–Crippen MR) is 97.6 cm³/mol. The highest BCUT2D eigenvalue weighted by atomic mass is 79.9. The van der Waals surface area contributed by atoms with Crippen molar-refractivity contribution in [2.75, 3.05) is 5.32 Å². The molecule has 0 spiro atoms. The van der Waals surface area contributed by atoms with Crippen LogP contribution < -0.4 is 10.1 Å². The number of aryl methyl sites for hydroxylation is 1. The number of anilines is 1. The molecule has 0 aliphatic carbocycles. The molecule has 28 heavy (non-hydrogen) atoms. The van der Waals surface area contributed by atoms with Gasteiger partial charge in [-0.1, -0.05) is 15.9 Å². The minimum absolute atomic E-state index is 0.105. The second-order valence-electron chi connectivity index (χ2n) is 5.87. The largest absolute Gasteiger partial charge is 0.471 e. The summed E-state index contributed by atoms with van der Waals surface area (Å²) in [6.45, 7) is 0.969. The first-order valence-electron chi connectivity index (χ1n) is 8.03. The van der Waals surface area contributed by atoms with E-state index in [-0.39, 0.29) is 12.4 Å². The SMILES string of the molecule is Cc1cc(C(F)(F)F)n(CC(=O)Nc2cnn(COc3ccc(Br)cc3)c2)n1. The van der Waals surface area contributed by atoms with Crippen LogP contribution in [0.2, 0.25) is 0 Å². The molecule has 0 aliphatic heterocycles. The molecule has 0 saturated heterocycles. The Morgan fingerprint density at radius 2 is 2.00 bits per heavy atom. The lowest BCUT2D eigenvalue weighted by atomic mass is 10.3. The number of nitrogens with one attached hydrogen (secondary N) is 1. The molecule has 3 rings (SSSR count). The van der Waals surface area contributed by atoms with Gasteiger partial charge >= 0.3 is 6.18 Å². The van der Waals surface area contributed by atoms with E-state index < -0.39 is 24.3 Å². The van der Waals surface area contributed by atoms with Gasteiger partial charge in [-0.25, -0.2) is 4.68 Å². The maximum absolute atomic E-state index is 13.0. The van der Waals surface area contributed by atoms with Crippen LogP contribution in [0.15, 0.2) is 47.2 Å². The molecule has 2 heterocycles. The van der Waals surface area contributed by atoms with Gasteiger partial charge in [-0.3, -0.25) is 9.48 Å². The Balaban J connectivity index is 1.58. The second kappa shape index (κ2) is 8.05. The molecule has 0 aliphatic rings. The van der Waals surface area contributed by atoms with E-state index in [0.717, 1.165) is 10.5 Å². The molecule has 0 unspecified atom stereocenters. The average molecular weight is 458 g/mol. The summed E-state index contributed by atoms with van der Waals surface area (Å²) in [5.74, 6) is -0.0139. The fourth-order valence-electron chi connectivity index (χ4n) is 2.40. The maximum atomic E-state index is 13.0. The molecule has 0 saturated carbocycles. The van der Waals surface area contributed by atoms with E-state index in [1.165, 1.54) is 24.0 Å². The monoisotopic (exact) mass is 457 g/mol. The number of carbonyl (C=O) groups excluding carboxylic acids is 1.